The fourth-order valence-electron chi connectivity index (χ4n) is 4.07. The molecule has 1 aliphatic rings. The lowest BCUT2D eigenvalue weighted by atomic mass is 10.1. The summed E-state index contributed by atoms with van der Waals surface area (Å²) in [5.74, 6) is -0.126. The topological polar surface area (TPSA) is 119 Å². The van der Waals surface area contributed by atoms with Crippen molar-refractivity contribution in [1.29, 1.82) is 0 Å². The van der Waals surface area contributed by atoms with E-state index in [4.69, 9.17) is 14.2 Å². The Hall–Kier alpha value is -3.87. The lowest BCUT2D eigenvalue weighted by Gasteiger charge is -2.27. The average Bonchev–Trinajstić information content (AvgIpc) is 3.31. The third kappa shape index (κ3) is 5.37. The molecule has 0 atom stereocenters. The maximum Gasteiger partial charge on any atom is 0.307 e. The number of fused-ring (bicyclic) bond motifs is 1. The fraction of sp³-hybridized carbons (Fsp3) is 0.308. The highest BCUT2D eigenvalue weighted by Gasteiger charge is 2.25. The number of aromatic nitrogens is 1. The first kappa shape index (κ1) is 27.2. The molecule has 11 nitrogen and oxygen atoms in total. The van der Waals surface area contributed by atoms with Gasteiger partial charge >= 0.3 is 10.2 Å². The van der Waals surface area contributed by atoms with Crippen LogP contribution in [0.3, 0.4) is 0 Å². The number of methoxy groups -OCH3 is 2. The van der Waals surface area contributed by atoms with Gasteiger partial charge in [0, 0.05) is 49.9 Å². The first-order valence-corrected chi connectivity index (χ1v) is 13.2. The monoisotopic (exact) mass is 542 g/mol. The molecule has 0 saturated carbocycles. The van der Waals surface area contributed by atoms with Crippen molar-refractivity contribution in [2.24, 2.45) is 0 Å². The van der Waals surface area contributed by atoms with E-state index in [0.717, 1.165) is 8.28 Å². The smallest absolute Gasteiger partial charge is 0.307 e. The minimum atomic E-state index is -3.84. The van der Waals surface area contributed by atoms with Crippen LogP contribution in [0.15, 0.2) is 54.4 Å². The maximum atomic E-state index is 13.6. The summed E-state index contributed by atoms with van der Waals surface area (Å²) in [7, 11) is 1.99. The van der Waals surface area contributed by atoms with Crippen LogP contribution < -0.4 is 14.8 Å². The molecule has 0 aliphatic carbocycles. The van der Waals surface area contributed by atoms with E-state index in [1.54, 1.807) is 41.3 Å². The summed E-state index contributed by atoms with van der Waals surface area (Å²) < 4.78 is 44.1. The van der Waals surface area contributed by atoms with Gasteiger partial charge in [0.25, 0.3) is 11.8 Å². The Labute approximate surface area is 221 Å². The van der Waals surface area contributed by atoms with Gasteiger partial charge in [-0.15, -0.1) is 0 Å². The van der Waals surface area contributed by atoms with Crippen molar-refractivity contribution in [3.8, 4) is 11.5 Å². The van der Waals surface area contributed by atoms with Crippen molar-refractivity contribution in [3.05, 3.63) is 65.5 Å². The minimum absolute atomic E-state index is 0.00293. The third-order valence-electron chi connectivity index (χ3n) is 6.14. The molecule has 1 N–H and O–H groups in total. The van der Waals surface area contributed by atoms with Crippen LogP contribution in [0.2, 0.25) is 0 Å². The Kier molecular flexibility index (Phi) is 8.05. The number of hydrogen-bond acceptors (Lipinski definition) is 7. The number of ether oxygens (including phenoxy) is 3. The Morgan fingerprint density at radius 3 is 2.37 bits per heavy atom. The second kappa shape index (κ2) is 11.3. The van der Waals surface area contributed by atoms with Crippen LogP contribution >= 0.6 is 0 Å². The average molecular weight is 543 g/mol. The molecule has 1 fully saturated rings. The molecular weight excluding hydrogens is 512 g/mol. The molecule has 0 unspecified atom stereocenters. The number of carbonyl (C=O) groups excluding carboxylic acids is 2. The van der Waals surface area contributed by atoms with E-state index < -0.39 is 22.0 Å². The quantitative estimate of drug-likeness (QED) is 0.432. The number of amides is 2. The number of benzene rings is 2. The number of carbonyl (C=O) groups is 2. The van der Waals surface area contributed by atoms with Crippen LogP contribution in [0.4, 0.5) is 0 Å². The van der Waals surface area contributed by atoms with Gasteiger partial charge in [0.05, 0.1) is 33.0 Å². The summed E-state index contributed by atoms with van der Waals surface area (Å²) in [6.45, 7) is 1.48. The first-order chi connectivity index (χ1) is 18.2. The largest absolute Gasteiger partial charge is 0.493 e. The van der Waals surface area contributed by atoms with Gasteiger partial charge in [-0.3, -0.25) is 9.59 Å². The molecule has 12 heteroatoms. The zero-order chi connectivity index (χ0) is 27.4. The minimum Gasteiger partial charge on any atom is -0.493 e. The van der Waals surface area contributed by atoms with Gasteiger partial charge in [-0.1, -0.05) is 18.2 Å². The molecule has 2 heterocycles. The lowest BCUT2D eigenvalue weighted by Crippen LogP contribution is -2.44. The van der Waals surface area contributed by atoms with E-state index >= 15 is 0 Å². The Morgan fingerprint density at radius 1 is 1.03 bits per heavy atom. The van der Waals surface area contributed by atoms with E-state index in [1.165, 1.54) is 46.7 Å². The predicted molar refractivity (Wildman–Crippen MR) is 142 cm³/mol. The van der Waals surface area contributed by atoms with E-state index in [0.29, 0.717) is 54.3 Å². The summed E-state index contributed by atoms with van der Waals surface area (Å²) in [6.07, 6.45) is 2.94. The molecule has 2 amide bonds. The second-order valence-corrected chi connectivity index (χ2v) is 10.7. The first-order valence-electron chi connectivity index (χ1n) is 11.8. The number of rotatable bonds is 8. The molecule has 0 bridgehead atoms. The predicted octanol–water partition coefficient (Wildman–Crippen LogP) is 1.94. The van der Waals surface area contributed by atoms with E-state index in [1.807, 2.05) is 0 Å². The van der Waals surface area contributed by atoms with E-state index in [2.05, 4.69) is 5.32 Å². The SMILES string of the molecule is COc1ccc(C(=O)NC(=Cc2cn(S(=O)(=O)N(C)C)c3ccccc23)C(=O)N2CCOCC2)cc1OC. The number of hydrogen-bond donors (Lipinski definition) is 1. The van der Waals surface area contributed by atoms with Gasteiger partial charge in [0.1, 0.15) is 5.70 Å². The normalized spacial score (nSPS) is 14.6. The van der Waals surface area contributed by atoms with Gasteiger partial charge in [-0.05, 0) is 30.3 Å². The molecule has 1 aromatic heterocycles. The van der Waals surface area contributed by atoms with Crippen LogP contribution in [0.25, 0.3) is 17.0 Å². The van der Waals surface area contributed by atoms with Crippen LogP contribution in [-0.4, -0.2) is 88.0 Å². The van der Waals surface area contributed by atoms with Crippen molar-refractivity contribution < 1.29 is 32.2 Å². The standard InChI is InChI=1S/C26H30N4O7S/c1-28(2)38(33,34)30-17-19(20-7-5-6-8-22(20)30)15-21(26(32)29-11-13-37-14-12-29)27-25(31)18-9-10-23(35-3)24(16-18)36-4/h5-10,15-17H,11-14H2,1-4H3,(H,27,31). The zero-order valence-corrected chi connectivity index (χ0v) is 22.4. The number of nitrogens with one attached hydrogen (secondary N) is 1. The summed E-state index contributed by atoms with van der Waals surface area (Å²) in [4.78, 5) is 28.4. The van der Waals surface area contributed by atoms with Crippen LogP contribution in [0.1, 0.15) is 15.9 Å². The number of nitrogens with zero attached hydrogens (tertiary/aromatic N) is 3. The fourth-order valence-corrected chi connectivity index (χ4v) is 5.08. The molecule has 38 heavy (non-hydrogen) atoms. The van der Waals surface area contributed by atoms with Crippen molar-refractivity contribution in [2.45, 2.75) is 0 Å². The van der Waals surface area contributed by atoms with Crippen molar-refractivity contribution in [1.82, 2.24) is 18.5 Å². The van der Waals surface area contributed by atoms with Gasteiger partial charge in [-0.25, -0.2) is 3.97 Å². The highest BCUT2D eigenvalue weighted by atomic mass is 32.2. The summed E-state index contributed by atoms with van der Waals surface area (Å²) in [6, 6.07) is 11.6. The van der Waals surface area contributed by atoms with Gasteiger partial charge in [0.2, 0.25) is 0 Å². The summed E-state index contributed by atoms with van der Waals surface area (Å²) >= 11 is 0. The van der Waals surface area contributed by atoms with Crippen LogP contribution in [0.5, 0.6) is 11.5 Å². The molecule has 1 aliphatic heterocycles. The van der Waals surface area contributed by atoms with E-state index in [9.17, 15) is 18.0 Å². The number of morpholine rings is 1. The molecule has 2 aromatic carbocycles. The van der Waals surface area contributed by atoms with Crippen molar-refractivity contribution >= 4 is 39.0 Å². The molecule has 4 rings (SSSR count). The Balaban J connectivity index is 1.80. The summed E-state index contributed by atoms with van der Waals surface area (Å²) in [5, 5.41) is 3.33. The zero-order valence-electron chi connectivity index (χ0n) is 21.6. The van der Waals surface area contributed by atoms with Crippen molar-refractivity contribution in [3.63, 3.8) is 0 Å². The van der Waals surface area contributed by atoms with Crippen LogP contribution in [-0.2, 0) is 19.7 Å². The van der Waals surface area contributed by atoms with E-state index in [-0.39, 0.29) is 11.3 Å². The molecule has 3 aromatic rings. The highest BCUT2D eigenvalue weighted by Crippen LogP contribution is 2.28. The van der Waals surface area contributed by atoms with Gasteiger partial charge in [-0.2, -0.15) is 12.7 Å². The Morgan fingerprint density at radius 2 is 1.71 bits per heavy atom. The van der Waals surface area contributed by atoms with Crippen molar-refractivity contribution in [2.75, 3.05) is 54.6 Å². The Bertz CT molecular complexity index is 1490. The van der Waals surface area contributed by atoms with Crippen LogP contribution in [0, 0.1) is 0 Å². The molecule has 202 valence electrons. The van der Waals surface area contributed by atoms with Gasteiger partial charge in [0.15, 0.2) is 11.5 Å². The summed E-state index contributed by atoms with van der Waals surface area (Å²) in [5.41, 5.74) is 1.14. The molecule has 1 saturated heterocycles. The second-order valence-electron chi connectivity index (χ2n) is 8.67. The van der Waals surface area contributed by atoms with Gasteiger partial charge < -0.3 is 24.4 Å². The third-order valence-corrected chi connectivity index (χ3v) is 7.86. The molecule has 0 radical (unpaired) electrons. The lowest BCUT2D eigenvalue weighted by molar-refractivity contribution is -0.131. The molecule has 0 spiro atoms. The maximum absolute atomic E-state index is 13.6. The molecular formula is C26H30N4O7S. The highest BCUT2D eigenvalue weighted by molar-refractivity contribution is 7.87. The number of para-hydroxylation sites is 1.